The second kappa shape index (κ2) is 6.82. The summed E-state index contributed by atoms with van der Waals surface area (Å²) in [5, 5.41) is 3.12. The van der Waals surface area contributed by atoms with Crippen LogP contribution < -0.4 is 5.32 Å². The van der Waals surface area contributed by atoms with Crippen molar-refractivity contribution >= 4 is 0 Å². The van der Waals surface area contributed by atoms with Crippen LogP contribution in [0.4, 0.5) is 0 Å². The van der Waals surface area contributed by atoms with Crippen LogP contribution in [-0.2, 0) is 13.1 Å². The molecule has 98 valence electrons. The molecular weight excluding hydrogens is 212 g/mol. The number of hydrogen-bond acceptors (Lipinski definition) is 3. The second-order valence-corrected chi connectivity index (χ2v) is 4.64. The van der Waals surface area contributed by atoms with Crippen LogP contribution in [-0.4, -0.2) is 24.5 Å². The molecule has 0 saturated heterocycles. The summed E-state index contributed by atoms with van der Waals surface area (Å²) in [6.07, 6.45) is 1.19. The molecule has 0 radical (unpaired) electrons. The van der Waals surface area contributed by atoms with E-state index in [9.17, 15) is 0 Å². The molecule has 1 unspecified atom stereocenters. The Morgan fingerprint density at radius 1 is 1.41 bits per heavy atom. The van der Waals surface area contributed by atoms with Crippen molar-refractivity contribution in [3.63, 3.8) is 0 Å². The predicted molar refractivity (Wildman–Crippen MR) is 72.0 cm³/mol. The van der Waals surface area contributed by atoms with E-state index in [2.05, 4.69) is 44.0 Å². The molecule has 0 aliphatic rings. The molecule has 1 aromatic heterocycles. The summed E-state index contributed by atoms with van der Waals surface area (Å²) in [4.78, 5) is 2.49. The summed E-state index contributed by atoms with van der Waals surface area (Å²) >= 11 is 0. The molecule has 0 fully saturated rings. The van der Waals surface area contributed by atoms with Crippen molar-refractivity contribution < 1.29 is 4.42 Å². The molecule has 1 atom stereocenters. The van der Waals surface area contributed by atoms with Gasteiger partial charge in [0.05, 0.1) is 6.54 Å². The molecule has 17 heavy (non-hydrogen) atoms. The molecule has 3 heteroatoms. The van der Waals surface area contributed by atoms with Gasteiger partial charge in [0, 0.05) is 18.2 Å². The van der Waals surface area contributed by atoms with Gasteiger partial charge in [-0.15, -0.1) is 0 Å². The van der Waals surface area contributed by atoms with Gasteiger partial charge in [-0.25, -0.2) is 0 Å². The monoisotopic (exact) mass is 238 g/mol. The Bertz CT molecular complexity index is 333. The molecule has 1 heterocycles. The van der Waals surface area contributed by atoms with Gasteiger partial charge in [0.25, 0.3) is 0 Å². The maximum absolute atomic E-state index is 5.72. The van der Waals surface area contributed by atoms with Crippen LogP contribution in [0.15, 0.2) is 10.5 Å². The molecule has 0 saturated carbocycles. The Labute approximate surface area is 105 Å². The average molecular weight is 238 g/mol. The van der Waals surface area contributed by atoms with E-state index < -0.39 is 0 Å². The fourth-order valence-electron chi connectivity index (χ4n) is 2.06. The molecular formula is C14H26N2O. The van der Waals surface area contributed by atoms with Gasteiger partial charge in [0.15, 0.2) is 0 Å². The standard InChI is InChI=1S/C14H26N2O/c1-6-11(3)16(7-2)10-13-8-14(9-15-5)17-12(13)4/h8,11,15H,6-7,9-10H2,1-5H3. The van der Waals surface area contributed by atoms with E-state index in [1.807, 2.05) is 7.05 Å². The van der Waals surface area contributed by atoms with Crippen molar-refractivity contribution in [1.29, 1.82) is 0 Å². The summed E-state index contributed by atoms with van der Waals surface area (Å²) < 4.78 is 5.72. The minimum absolute atomic E-state index is 0.627. The lowest BCUT2D eigenvalue weighted by atomic mass is 10.1. The van der Waals surface area contributed by atoms with Gasteiger partial charge < -0.3 is 9.73 Å². The minimum atomic E-state index is 0.627. The molecule has 0 aromatic carbocycles. The topological polar surface area (TPSA) is 28.4 Å². The van der Waals surface area contributed by atoms with Crippen LogP contribution in [0.2, 0.25) is 0 Å². The van der Waals surface area contributed by atoms with Crippen LogP contribution in [0.25, 0.3) is 0 Å². The number of rotatable bonds is 7. The van der Waals surface area contributed by atoms with Gasteiger partial charge in [0.2, 0.25) is 0 Å². The molecule has 0 amide bonds. The maximum atomic E-state index is 5.72. The SMILES string of the molecule is CCC(C)N(CC)Cc1cc(CNC)oc1C. The van der Waals surface area contributed by atoms with E-state index in [-0.39, 0.29) is 0 Å². The lowest BCUT2D eigenvalue weighted by molar-refractivity contribution is 0.205. The highest BCUT2D eigenvalue weighted by atomic mass is 16.3. The van der Waals surface area contributed by atoms with Gasteiger partial charge in [0.1, 0.15) is 11.5 Å². The average Bonchev–Trinajstić information content (AvgIpc) is 2.66. The van der Waals surface area contributed by atoms with Crippen LogP contribution in [0, 0.1) is 6.92 Å². The molecule has 1 rings (SSSR count). The van der Waals surface area contributed by atoms with Crippen LogP contribution >= 0.6 is 0 Å². The first-order valence-electron chi connectivity index (χ1n) is 6.59. The predicted octanol–water partition coefficient (Wildman–Crippen LogP) is 2.93. The van der Waals surface area contributed by atoms with E-state index in [0.717, 1.165) is 31.2 Å². The van der Waals surface area contributed by atoms with E-state index in [1.165, 1.54) is 12.0 Å². The Morgan fingerprint density at radius 2 is 2.12 bits per heavy atom. The molecule has 1 N–H and O–H groups in total. The van der Waals surface area contributed by atoms with Gasteiger partial charge in [-0.05, 0) is 39.9 Å². The van der Waals surface area contributed by atoms with Crippen molar-refractivity contribution in [2.24, 2.45) is 0 Å². The van der Waals surface area contributed by atoms with E-state index >= 15 is 0 Å². The normalized spacial score (nSPS) is 13.3. The lowest BCUT2D eigenvalue weighted by Crippen LogP contribution is -2.31. The zero-order valence-corrected chi connectivity index (χ0v) is 11.8. The van der Waals surface area contributed by atoms with Crippen molar-refractivity contribution in [3.05, 3.63) is 23.2 Å². The molecule has 0 aliphatic heterocycles. The van der Waals surface area contributed by atoms with Crippen LogP contribution in [0.3, 0.4) is 0 Å². The summed E-state index contributed by atoms with van der Waals surface area (Å²) in [5.74, 6) is 2.08. The van der Waals surface area contributed by atoms with Crippen LogP contribution in [0.1, 0.15) is 44.3 Å². The highest BCUT2D eigenvalue weighted by Gasteiger charge is 2.14. The first kappa shape index (κ1) is 14.3. The Morgan fingerprint density at radius 3 is 2.65 bits per heavy atom. The third-order valence-corrected chi connectivity index (χ3v) is 3.42. The highest BCUT2D eigenvalue weighted by Crippen LogP contribution is 2.18. The van der Waals surface area contributed by atoms with Gasteiger partial charge in [-0.2, -0.15) is 0 Å². The molecule has 0 spiro atoms. The first-order chi connectivity index (χ1) is 8.12. The molecule has 1 aromatic rings. The summed E-state index contributed by atoms with van der Waals surface area (Å²) in [5.41, 5.74) is 1.32. The Hall–Kier alpha value is -0.800. The second-order valence-electron chi connectivity index (χ2n) is 4.64. The maximum Gasteiger partial charge on any atom is 0.118 e. The smallest absolute Gasteiger partial charge is 0.118 e. The van der Waals surface area contributed by atoms with Crippen molar-refractivity contribution in [2.45, 2.75) is 53.2 Å². The zero-order valence-electron chi connectivity index (χ0n) is 11.8. The number of nitrogens with one attached hydrogen (secondary N) is 1. The third kappa shape index (κ3) is 3.86. The van der Waals surface area contributed by atoms with E-state index in [4.69, 9.17) is 4.42 Å². The van der Waals surface area contributed by atoms with E-state index in [0.29, 0.717) is 6.04 Å². The Kier molecular flexibility index (Phi) is 5.72. The summed E-state index contributed by atoms with van der Waals surface area (Å²) in [6, 6.07) is 2.80. The molecule has 0 bridgehead atoms. The number of furan rings is 1. The van der Waals surface area contributed by atoms with Crippen molar-refractivity contribution in [2.75, 3.05) is 13.6 Å². The fourth-order valence-corrected chi connectivity index (χ4v) is 2.06. The lowest BCUT2D eigenvalue weighted by Gasteiger charge is -2.26. The van der Waals surface area contributed by atoms with Crippen LogP contribution in [0.5, 0.6) is 0 Å². The fraction of sp³-hybridized carbons (Fsp3) is 0.714. The van der Waals surface area contributed by atoms with Gasteiger partial charge in [-0.3, -0.25) is 4.90 Å². The van der Waals surface area contributed by atoms with Gasteiger partial charge in [-0.1, -0.05) is 13.8 Å². The Balaban J connectivity index is 2.71. The third-order valence-electron chi connectivity index (χ3n) is 3.42. The van der Waals surface area contributed by atoms with Crippen molar-refractivity contribution in [1.82, 2.24) is 10.2 Å². The quantitative estimate of drug-likeness (QED) is 0.791. The molecule has 0 aliphatic carbocycles. The zero-order chi connectivity index (χ0) is 12.8. The highest BCUT2D eigenvalue weighted by molar-refractivity contribution is 5.20. The first-order valence-corrected chi connectivity index (χ1v) is 6.59. The summed E-state index contributed by atoms with van der Waals surface area (Å²) in [6.45, 7) is 11.7. The summed E-state index contributed by atoms with van der Waals surface area (Å²) in [7, 11) is 1.94. The largest absolute Gasteiger partial charge is 0.465 e. The number of aryl methyl sites for hydroxylation is 1. The van der Waals surface area contributed by atoms with Crippen molar-refractivity contribution in [3.8, 4) is 0 Å². The minimum Gasteiger partial charge on any atom is -0.465 e. The number of nitrogens with zero attached hydrogens (tertiary/aromatic N) is 1. The van der Waals surface area contributed by atoms with E-state index in [1.54, 1.807) is 0 Å². The van der Waals surface area contributed by atoms with Gasteiger partial charge >= 0.3 is 0 Å². The molecule has 3 nitrogen and oxygen atoms in total. The number of hydrogen-bond donors (Lipinski definition) is 1.